The zero-order valence-electron chi connectivity index (χ0n) is 14.2. The zero-order valence-corrected chi connectivity index (χ0v) is 14.9. The fourth-order valence-corrected chi connectivity index (χ4v) is 3.51. The van der Waals surface area contributed by atoms with Crippen molar-refractivity contribution < 1.29 is 18.0 Å². The Hall–Kier alpha value is -1.99. The number of carbonyl (C=O) groups is 1. The summed E-state index contributed by atoms with van der Waals surface area (Å²) in [5.41, 5.74) is 0.244. The Morgan fingerprint density at radius 1 is 1.35 bits per heavy atom. The predicted molar refractivity (Wildman–Crippen MR) is 94.0 cm³/mol. The van der Waals surface area contributed by atoms with E-state index in [1.807, 2.05) is 34.8 Å². The molecular formula is C18H19ClF3N3O. The second kappa shape index (κ2) is 7.32. The normalized spacial score (nSPS) is 18.3. The van der Waals surface area contributed by atoms with Crippen LogP contribution in [0.5, 0.6) is 0 Å². The van der Waals surface area contributed by atoms with Gasteiger partial charge in [-0.3, -0.25) is 9.69 Å². The van der Waals surface area contributed by atoms with Gasteiger partial charge in [-0.1, -0.05) is 11.6 Å². The minimum atomic E-state index is -4.49. The lowest BCUT2D eigenvalue weighted by molar-refractivity contribution is -0.137. The molecule has 1 amide bonds. The Morgan fingerprint density at radius 2 is 2.12 bits per heavy atom. The Bertz CT molecular complexity index is 803. The Labute approximate surface area is 154 Å². The molecule has 0 aliphatic carbocycles. The van der Waals surface area contributed by atoms with Crippen LogP contribution < -0.4 is 5.32 Å². The first-order valence-electron chi connectivity index (χ1n) is 8.27. The van der Waals surface area contributed by atoms with Crippen molar-refractivity contribution in [2.45, 2.75) is 25.1 Å². The number of aryl methyl sites for hydroxylation is 1. The van der Waals surface area contributed by atoms with Gasteiger partial charge >= 0.3 is 6.18 Å². The summed E-state index contributed by atoms with van der Waals surface area (Å²) in [4.78, 5) is 14.4. The van der Waals surface area contributed by atoms with E-state index < -0.39 is 11.7 Å². The first-order chi connectivity index (χ1) is 12.3. The van der Waals surface area contributed by atoms with Crippen molar-refractivity contribution in [2.75, 3.05) is 18.4 Å². The molecule has 2 aromatic rings. The standard InChI is InChI=1S/C18H19ClF3N3O/c1-24-8-2-4-15(24)16-5-3-9-25(16)11-17(26)23-14-10-12(18(20,21)22)6-7-13(14)19/h2,4,6-8,10,16H,3,5,9,11H2,1H3,(H,23,26)/t16-/m0/s1. The second-order valence-electron chi connectivity index (χ2n) is 6.41. The summed E-state index contributed by atoms with van der Waals surface area (Å²) in [6, 6.07) is 6.99. The van der Waals surface area contributed by atoms with Crippen molar-refractivity contribution in [1.82, 2.24) is 9.47 Å². The number of halogens is 4. The number of nitrogens with zero attached hydrogens (tertiary/aromatic N) is 2. The number of carbonyl (C=O) groups excluding carboxylic acids is 1. The van der Waals surface area contributed by atoms with Crippen LogP contribution in [0.4, 0.5) is 18.9 Å². The summed E-state index contributed by atoms with van der Waals surface area (Å²) >= 11 is 5.94. The number of likely N-dealkylation sites (tertiary alicyclic amines) is 1. The number of benzene rings is 1. The van der Waals surface area contributed by atoms with E-state index in [-0.39, 0.29) is 29.2 Å². The van der Waals surface area contributed by atoms with Crippen LogP contribution in [0.1, 0.15) is 30.1 Å². The molecule has 2 heterocycles. The summed E-state index contributed by atoms with van der Waals surface area (Å²) in [6.45, 7) is 0.863. The van der Waals surface area contributed by atoms with Crippen molar-refractivity contribution in [1.29, 1.82) is 0 Å². The van der Waals surface area contributed by atoms with Gasteiger partial charge in [-0.25, -0.2) is 0 Å². The highest BCUT2D eigenvalue weighted by atomic mass is 35.5. The van der Waals surface area contributed by atoms with Crippen molar-refractivity contribution in [3.05, 3.63) is 52.8 Å². The lowest BCUT2D eigenvalue weighted by atomic mass is 10.1. The SMILES string of the molecule is Cn1cccc1[C@@H]1CCCN1CC(=O)Nc1cc(C(F)(F)F)ccc1Cl. The minimum absolute atomic E-state index is 0.0268. The molecular weight excluding hydrogens is 367 g/mol. The molecule has 4 nitrogen and oxygen atoms in total. The van der Waals surface area contributed by atoms with E-state index in [9.17, 15) is 18.0 Å². The summed E-state index contributed by atoms with van der Waals surface area (Å²) in [6.07, 6.45) is -0.631. The molecule has 1 aromatic carbocycles. The van der Waals surface area contributed by atoms with Gasteiger partial charge in [0.05, 0.1) is 28.9 Å². The third kappa shape index (κ3) is 4.04. The van der Waals surface area contributed by atoms with E-state index in [0.717, 1.165) is 43.3 Å². The molecule has 1 aliphatic heterocycles. The topological polar surface area (TPSA) is 37.3 Å². The highest BCUT2D eigenvalue weighted by molar-refractivity contribution is 6.33. The lowest BCUT2D eigenvalue weighted by Gasteiger charge is -2.24. The minimum Gasteiger partial charge on any atom is -0.353 e. The van der Waals surface area contributed by atoms with Crippen LogP contribution in [-0.2, 0) is 18.0 Å². The fourth-order valence-electron chi connectivity index (χ4n) is 3.34. The van der Waals surface area contributed by atoms with Gasteiger partial charge in [-0.15, -0.1) is 0 Å². The van der Waals surface area contributed by atoms with E-state index in [0.29, 0.717) is 0 Å². The average Bonchev–Trinajstić information content (AvgIpc) is 3.16. The van der Waals surface area contributed by atoms with E-state index in [1.54, 1.807) is 0 Å². The van der Waals surface area contributed by atoms with Gasteiger partial charge in [0.15, 0.2) is 0 Å². The van der Waals surface area contributed by atoms with Gasteiger partial charge < -0.3 is 9.88 Å². The Kier molecular flexibility index (Phi) is 5.29. The largest absolute Gasteiger partial charge is 0.416 e. The number of hydrogen-bond acceptors (Lipinski definition) is 2. The number of rotatable bonds is 4. The molecule has 1 atom stereocenters. The molecule has 1 fully saturated rings. The van der Waals surface area contributed by atoms with Gasteiger partial charge in [-0.2, -0.15) is 13.2 Å². The summed E-state index contributed by atoms with van der Waals surface area (Å²) in [5.74, 6) is -0.382. The van der Waals surface area contributed by atoms with Crippen LogP contribution >= 0.6 is 11.6 Å². The van der Waals surface area contributed by atoms with Gasteiger partial charge in [-0.05, 0) is 49.7 Å². The van der Waals surface area contributed by atoms with Crippen molar-refractivity contribution in [2.24, 2.45) is 7.05 Å². The van der Waals surface area contributed by atoms with Crippen molar-refractivity contribution >= 4 is 23.2 Å². The fraction of sp³-hybridized carbons (Fsp3) is 0.389. The predicted octanol–water partition coefficient (Wildman–Crippen LogP) is 4.47. The van der Waals surface area contributed by atoms with Crippen molar-refractivity contribution in [3.8, 4) is 0 Å². The maximum absolute atomic E-state index is 12.8. The maximum Gasteiger partial charge on any atom is 0.416 e. The van der Waals surface area contributed by atoms with Crippen LogP contribution in [0, 0.1) is 0 Å². The van der Waals surface area contributed by atoms with Crippen LogP contribution in [0.3, 0.4) is 0 Å². The first-order valence-corrected chi connectivity index (χ1v) is 8.65. The molecule has 140 valence electrons. The monoisotopic (exact) mass is 385 g/mol. The quantitative estimate of drug-likeness (QED) is 0.843. The molecule has 0 saturated carbocycles. The van der Waals surface area contributed by atoms with E-state index in [2.05, 4.69) is 5.32 Å². The number of alkyl halides is 3. The Morgan fingerprint density at radius 3 is 2.77 bits per heavy atom. The third-order valence-electron chi connectivity index (χ3n) is 4.60. The molecule has 1 saturated heterocycles. The van der Waals surface area contributed by atoms with Crippen LogP contribution in [0.15, 0.2) is 36.5 Å². The average molecular weight is 386 g/mol. The smallest absolute Gasteiger partial charge is 0.353 e. The number of nitrogens with one attached hydrogen (secondary N) is 1. The molecule has 1 aromatic heterocycles. The van der Waals surface area contributed by atoms with Gasteiger partial charge in [0, 0.05) is 18.9 Å². The summed E-state index contributed by atoms with van der Waals surface area (Å²) in [7, 11) is 1.95. The molecule has 1 aliphatic rings. The summed E-state index contributed by atoms with van der Waals surface area (Å²) < 4.78 is 40.6. The highest BCUT2D eigenvalue weighted by Gasteiger charge is 2.32. The Balaban J connectivity index is 1.70. The third-order valence-corrected chi connectivity index (χ3v) is 4.93. The number of amides is 1. The second-order valence-corrected chi connectivity index (χ2v) is 6.82. The number of hydrogen-bond donors (Lipinski definition) is 1. The molecule has 1 N–H and O–H groups in total. The number of anilines is 1. The molecule has 3 rings (SSSR count). The van der Waals surface area contributed by atoms with Crippen molar-refractivity contribution in [3.63, 3.8) is 0 Å². The molecule has 26 heavy (non-hydrogen) atoms. The lowest BCUT2D eigenvalue weighted by Crippen LogP contribution is -2.33. The van der Waals surface area contributed by atoms with Crippen LogP contribution in [0.25, 0.3) is 0 Å². The zero-order chi connectivity index (χ0) is 18.9. The molecule has 0 radical (unpaired) electrons. The van der Waals surface area contributed by atoms with E-state index in [1.165, 1.54) is 0 Å². The maximum atomic E-state index is 12.8. The number of aromatic nitrogens is 1. The first kappa shape index (κ1) is 18.8. The van der Waals surface area contributed by atoms with Gasteiger partial charge in [0.1, 0.15) is 0 Å². The van der Waals surface area contributed by atoms with Crippen LogP contribution in [0.2, 0.25) is 5.02 Å². The highest BCUT2D eigenvalue weighted by Crippen LogP contribution is 2.34. The molecule has 8 heteroatoms. The van der Waals surface area contributed by atoms with Gasteiger partial charge in [0.2, 0.25) is 5.91 Å². The van der Waals surface area contributed by atoms with E-state index >= 15 is 0 Å². The molecule has 0 unspecified atom stereocenters. The van der Waals surface area contributed by atoms with E-state index in [4.69, 9.17) is 11.6 Å². The molecule has 0 spiro atoms. The van der Waals surface area contributed by atoms with Crippen LogP contribution in [-0.4, -0.2) is 28.5 Å². The summed E-state index contributed by atoms with van der Waals surface area (Å²) in [5, 5.41) is 2.59. The molecule has 0 bridgehead atoms. The van der Waals surface area contributed by atoms with Gasteiger partial charge in [0.25, 0.3) is 0 Å².